The molecule has 5 heteroatoms. The number of rotatable bonds is 5. The van der Waals surface area contributed by atoms with E-state index in [0.29, 0.717) is 28.7 Å². The molecule has 24 heavy (non-hydrogen) atoms. The molecule has 0 bridgehead atoms. The normalized spacial score (nSPS) is 10.8. The summed E-state index contributed by atoms with van der Waals surface area (Å²) in [6.45, 7) is 10.1. The van der Waals surface area contributed by atoms with E-state index >= 15 is 0 Å². The molecule has 0 fully saturated rings. The number of esters is 1. The monoisotopic (exact) mass is 345 g/mol. The highest BCUT2D eigenvalue weighted by molar-refractivity contribution is 7.16. The van der Waals surface area contributed by atoms with Crippen LogP contribution in [0.3, 0.4) is 0 Å². The molecule has 1 heterocycles. The average molecular weight is 345 g/mol. The molecule has 0 radical (unpaired) electrons. The van der Waals surface area contributed by atoms with Crippen LogP contribution in [0.2, 0.25) is 0 Å². The summed E-state index contributed by atoms with van der Waals surface area (Å²) in [5.74, 6) is -0.206. The lowest BCUT2D eigenvalue weighted by Gasteiger charge is -2.09. The van der Waals surface area contributed by atoms with E-state index in [2.05, 4.69) is 19.2 Å². The van der Waals surface area contributed by atoms with Gasteiger partial charge in [0.25, 0.3) is 5.91 Å². The molecule has 0 unspecified atom stereocenters. The standard InChI is InChI=1S/C19H23NO3S/c1-6-23-19(22)16-12(4)13(5)24-18(16)20-17(21)15-9-7-14(8-10-15)11(2)3/h7-11H,6H2,1-5H3,(H,20,21). The number of hydrogen-bond donors (Lipinski definition) is 1. The largest absolute Gasteiger partial charge is 0.462 e. The van der Waals surface area contributed by atoms with Crippen LogP contribution in [0.25, 0.3) is 0 Å². The van der Waals surface area contributed by atoms with Gasteiger partial charge in [-0.3, -0.25) is 4.79 Å². The minimum absolute atomic E-state index is 0.225. The quantitative estimate of drug-likeness (QED) is 0.783. The van der Waals surface area contributed by atoms with Crippen LogP contribution in [-0.2, 0) is 4.74 Å². The number of aryl methyl sites for hydroxylation is 1. The summed E-state index contributed by atoms with van der Waals surface area (Å²) < 4.78 is 5.11. The molecular formula is C19H23NO3S. The van der Waals surface area contributed by atoms with Gasteiger partial charge in [-0.1, -0.05) is 26.0 Å². The van der Waals surface area contributed by atoms with Crippen LogP contribution in [0.5, 0.6) is 0 Å². The van der Waals surface area contributed by atoms with E-state index in [-0.39, 0.29) is 5.91 Å². The van der Waals surface area contributed by atoms with Crippen molar-refractivity contribution in [2.45, 2.75) is 40.5 Å². The predicted octanol–water partition coefficient (Wildman–Crippen LogP) is 4.92. The second kappa shape index (κ2) is 7.62. The van der Waals surface area contributed by atoms with Crippen molar-refractivity contribution >= 4 is 28.2 Å². The Morgan fingerprint density at radius 2 is 1.79 bits per heavy atom. The molecule has 1 amide bonds. The lowest BCUT2D eigenvalue weighted by atomic mass is 10.0. The fourth-order valence-electron chi connectivity index (χ4n) is 2.36. The molecular weight excluding hydrogens is 322 g/mol. The minimum Gasteiger partial charge on any atom is -0.462 e. The van der Waals surface area contributed by atoms with Crippen molar-refractivity contribution in [1.29, 1.82) is 0 Å². The summed E-state index contributed by atoms with van der Waals surface area (Å²) >= 11 is 1.39. The van der Waals surface area contributed by atoms with Gasteiger partial charge in [0.2, 0.25) is 0 Å². The van der Waals surface area contributed by atoms with Gasteiger partial charge >= 0.3 is 5.97 Å². The fraction of sp³-hybridized carbons (Fsp3) is 0.368. The number of amides is 1. The van der Waals surface area contributed by atoms with Crippen molar-refractivity contribution in [2.75, 3.05) is 11.9 Å². The first kappa shape index (κ1) is 18.2. The smallest absolute Gasteiger partial charge is 0.341 e. The third-order valence-corrected chi connectivity index (χ3v) is 5.05. The number of benzene rings is 1. The molecule has 0 aliphatic rings. The Kier molecular flexibility index (Phi) is 5.78. The van der Waals surface area contributed by atoms with Crippen LogP contribution in [0, 0.1) is 13.8 Å². The first-order valence-corrected chi connectivity index (χ1v) is 8.85. The molecule has 0 saturated carbocycles. The Balaban J connectivity index is 2.25. The summed E-state index contributed by atoms with van der Waals surface area (Å²) in [4.78, 5) is 25.7. The molecule has 1 N–H and O–H groups in total. The SMILES string of the molecule is CCOC(=O)c1c(NC(=O)c2ccc(C(C)C)cc2)sc(C)c1C. The van der Waals surface area contributed by atoms with Crippen molar-refractivity contribution < 1.29 is 14.3 Å². The molecule has 0 atom stereocenters. The van der Waals surface area contributed by atoms with E-state index in [1.807, 2.05) is 38.1 Å². The first-order chi connectivity index (χ1) is 11.3. The summed E-state index contributed by atoms with van der Waals surface area (Å²) in [5, 5.41) is 3.40. The van der Waals surface area contributed by atoms with Crippen molar-refractivity contribution in [3.8, 4) is 0 Å². The molecule has 4 nitrogen and oxygen atoms in total. The van der Waals surface area contributed by atoms with Crippen molar-refractivity contribution in [2.24, 2.45) is 0 Å². The van der Waals surface area contributed by atoms with Gasteiger partial charge in [-0.15, -0.1) is 11.3 Å². The van der Waals surface area contributed by atoms with E-state index in [4.69, 9.17) is 4.74 Å². The number of ether oxygens (including phenoxy) is 1. The fourth-order valence-corrected chi connectivity index (χ4v) is 3.40. The van der Waals surface area contributed by atoms with Crippen molar-refractivity contribution in [3.05, 3.63) is 51.4 Å². The second-order valence-corrected chi connectivity index (χ2v) is 7.16. The Hall–Kier alpha value is -2.14. The van der Waals surface area contributed by atoms with Crippen LogP contribution in [0.4, 0.5) is 5.00 Å². The van der Waals surface area contributed by atoms with E-state index in [0.717, 1.165) is 10.4 Å². The molecule has 1 aromatic heterocycles. The van der Waals surface area contributed by atoms with Gasteiger partial charge in [0.05, 0.1) is 12.2 Å². The summed E-state index contributed by atoms with van der Waals surface area (Å²) in [6.07, 6.45) is 0. The maximum atomic E-state index is 12.5. The predicted molar refractivity (Wildman–Crippen MR) is 98.2 cm³/mol. The molecule has 0 aliphatic carbocycles. The zero-order valence-corrected chi connectivity index (χ0v) is 15.5. The molecule has 0 aliphatic heterocycles. The van der Waals surface area contributed by atoms with E-state index in [1.54, 1.807) is 6.92 Å². The van der Waals surface area contributed by atoms with Gasteiger partial charge in [0, 0.05) is 10.4 Å². The van der Waals surface area contributed by atoms with Crippen LogP contribution in [0.15, 0.2) is 24.3 Å². The first-order valence-electron chi connectivity index (χ1n) is 8.03. The zero-order chi connectivity index (χ0) is 17.9. The average Bonchev–Trinajstić information content (AvgIpc) is 2.82. The molecule has 1 aromatic carbocycles. The zero-order valence-electron chi connectivity index (χ0n) is 14.7. The number of thiophene rings is 1. The lowest BCUT2D eigenvalue weighted by molar-refractivity contribution is 0.0527. The Bertz CT molecular complexity index is 745. The Morgan fingerprint density at radius 3 is 2.33 bits per heavy atom. The van der Waals surface area contributed by atoms with E-state index < -0.39 is 5.97 Å². The van der Waals surface area contributed by atoms with Gasteiger partial charge in [0.15, 0.2) is 0 Å². The highest BCUT2D eigenvalue weighted by atomic mass is 32.1. The van der Waals surface area contributed by atoms with E-state index in [9.17, 15) is 9.59 Å². The molecule has 128 valence electrons. The topological polar surface area (TPSA) is 55.4 Å². The third kappa shape index (κ3) is 3.85. The van der Waals surface area contributed by atoms with Crippen LogP contribution >= 0.6 is 11.3 Å². The summed E-state index contributed by atoms with van der Waals surface area (Å²) in [6, 6.07) is 7.53. The Labute approximate surface area is 146 Å². The van der Waals surface area contributed by atoms with Gasteiger partial charge in [-0.25, -0.2) is 4.79 Å². The highest BCUT2D eigenvalue weighted by Crippen LogP contribution is 2.33. The van der Waals surface area contributed by atoms with Gasteiger partial charge < -0.3 is 10.1 Å². The van der Waals surface area contributed by atoms with Crippen molar-refractivity contribution in [3.63, 3.8) is 0 Å². The third-order valence-electron chi connectivity index (χ3n) is 3.93. The summed E-state index contributed by atoms with van der Waals surface area (Å²) in [5.41, 5.74) is 3.05. The summed E-state index contributed by atoms with van der Waals surface area (Å²) in [7, 11) is 0. The molecule has 0 saturated heterocycles. The minimum atomic E-state index is -0.398. The van der Waals surface area contributed by atoms with Gasteiger partial charge in [0.1, 0.15) is 5.00 Å². The molecule has 0 spiro atoms. The number of hydrogen-bond acceptors (Lipinski definition) is 4. The second-order valence-electron chi connectivity index (χ2n) is 5.94. The van der Waals surface area contributed by atoms with Crippen LogP contribution in [0.1, 0.15) is 63.4 Å². The van der Waals surface area contributed by atoms with Gasteiger partial charge in [-0.2, -0.15) is 0 Å². The number of carbonyl (C=O) groups excluding carboxylic acids is 2. The maximum absolute atomic E-state index is 12.5. The molecule has 2 rings (SSSR count). The Morgan fingerprint density at radius 1 is 1.17 bits per heavy atom. The number of carbonyl (C=O) groups is 2. The number of anilines is 1. The lowest BCUT2D eigenvalue weighted by Crippen LogP contribution is -2.15. The molecule has 2 aromatic rings. The van der Waals surface area contributed by atoms with Crippen LogP contribution < -0.4 is 5.32 Å². The highest BCUT2D eigenvalue weighted by Gasteiger charge is 2.22. The maximum Gasteiger partial charge on any atom is 0.341 e. The van der Waals surface area contributed by atoms with Gasteiger partial charge in [-0.05, 0) is 49.9 Å². The number of nitrogens with one attached hydrogen (secondary N) is 1. The van der Waals surface area contributed by atoms with Crippen LogP contribution in [-0.4, -0.2) is 18.5 Å². The van der Waals surface area contributed by atoms with E-state index in [1.165, 1.54) is 16.9 Å². The van der Waals surface area contributed by atoms with Crippen molar-refractivity contribution in [1.82, 2.24) is 0 Å².